The first kappa shape index (κ1) is 26.8. The van der Waals surface area contributed by atoms with Crippen LogP contribution in [0.2, 0.25) is 0 Å². The average Bonchev–Trinajstić information content (AvgIpc) is 2.62. The maximum Gasteiger partial charge on any atom is 0.407 e. The van der Waals surface area contributed by atoms with Gasteiger partial charge in [0.05, 0.1) is 6.61 Å². The van der Waals surface area contributed by atoms with Crippen LogP contribution in [-0.4, -0.2) is 50.6 Å². The highest BCUT2D eigenvalue weighted by molar-refractivity contribution is 5.86. The third-order valence-corrected chi connectivity index (χ3v) is 4.11. The highest BCUT2D eigenvalue weighted by atomic mass is 16.6. The van der Waals surface area contributed by atoms with Gasteiger partial charge in [0, 0.05) is 18.7 Å². The Morgan fingerprint density at radius 3 is 2.31 bits per heavy atom. The molecular formula is C21H38N2O6. The predicted molar refractivity (Wildman–Crippen MR) is 112 cm³/mol. The van der Waals surface area contributed by atoms with E-state index >= 15 is 0 Å². The molecule has 168 valence electrons. The zero-order chi connectivity index (χ0) is 22.4. The fraction of sp³-hybridized carbons (Fsp3) is 0.762. The lowest BCUT2D eigenvalue weighted by atomic mass is 9.80. The summed E-state index contributed by atoms with van der Waals surface area (Å²) in [5, 5.41) is 5.49. The van der Waals surface area contributed by atoms with E-state index in [-0.39, 0.29) is 24.0 Å². The summed E-state index contributed by atoms with van der Waals surface area (Å²) in [7, 11) is 0. The molecule has 2 N–H and O–H groups in total. The molecule has 0 bridgehead atoms. The molecule has 2 atom stereocenters. The minimum absolute atomic E-state index is 0.00687. The number of carbonyl (C=O) groups excluding carboxylic acids is 3. The Morgan fingerprint density at radius 1 is 1.07 bits per heavy atom. The number of rotatable bonds is 13. The summed E-state index contributed by atoms with van der Waals surface area (Å²) in [5.74, 6) is -0.286. The van der Waals surface area contributed by atoms with Crippen LogP contribution < -0.4 is 10.6 Å². The molecule has 8 nitrogen and oxygen atoms in total. The Bertz CT molecular complexity index is 547. The van der Waals surface area contributed by atoms with Crippen molar-refractivity contribution in [1.82, 2.24) is 10.6 Å². The van der Waals surface area contributed by atoms with Gasteiger partial charge in [-0.2, -0.15) is 0 Å². The summed E-state index contributed by atoms with van der Waals surface area (Å²) in [6.07, 6.45) is 0.976. The van der Waals surface area contributed by atoms with E-state index in [4.69, 9.17) is 14.2 Å². The molecule has 0 aliphatic rings. The Morgan fingerprint density at radius 2 is 1.72 bits per heavy atom. The average molecular weight is 415 g/mol. The zero-order valence-corrected chi connectivity index (χ0v) is 18.8. The normalized spacial score (nSPS) is 13.0. The van der Waals surface area contributed by atoms with Gasteiger partial charge in [0.25, 0.3) is 0 Å². The van der Waals surface area contributed by atoms with Gasteiger partial charge >= 0.3 is 18.2 Å². The monoisotopic (exact) mass is 414 g/mol. The van der Waals surface area contributed by atoms with Gasteiger partial charge < -0.3 is 24.8 Å². The molecule has 0 saturated heterocycles. The molecule has 0 radical (unpaired) electrons. The lowest BCUT2D eigenvalue weighted by molar-refractivity contribution is -0.141. The van der Waals surface area contributed by atoms with Crippen molar-refractivity contribution in [3.8, 4) is 0 Å². The van der Waals surface area contributed by atoms with Crippen LogP contribution in [-0.2, 0) is 19.0 Å². The highest BCUT2D eigenvalue weighted by Gasteiger charge is 2.22. The summed E-state index contributed by atoms with van der Waals surface area (Å²) in [6, 6.07) is 0. The van der Waals surface area contributed by atoms with Gasteiger partial charge in [0.15, 0.2) is 0 Å². The Kier molecular flexibility index (Phi) is 12.8. The number of ether oxygens (including phenoxy) is 3. The van der Waals surface area contributed by atoms with Crippen LogP contribution in [0.5, 0.6) is 0 Å². The minimum atomic E-state index is -0.552. The van der Waals surface area contributed by atoms with Crippen LogP contribution in [0, 0.1) is 11.3 Å². The Labute approximate surface area is 174 Å². The van der Waals surface area contributed by atoms with Crippen molar-refractivity contribution in [3.63, 3.8) is 0 Å². The summed E-state index contributed by atoms with van der Waals surface area (Å²) in [4.78, 5) is 34.7. The van der Waals surface area contributed by atoms with E-state index in [1.54, 1.807) is 13.8 Å². The molecule has 0 spiro atoms. The molecule has 0 aliphatic heterocycles. The van der Waals surface area contributed by atoms with Crippen molar-refractivity contribution in [2.45, 2.75) is 66.9 Å². The van der Waals surface area contributed by atoms with Crippen LogP contribution >= 0.6 is 0 Å². The van der Waals surface area contributed by atoms with E-state index in [9.17, 15) is 14.4 Å². The SMILES string of the molecule is C=C(C)C(=O)OCC(C)OC(=O)NCC(C)CC(C)(C)CCNC(=O)OCCC. The van der Waals surface area contributed by atoms with E-state index in [0.29, 0.717) is 25.3 Å². The zero-order valence-electron chi connectivity index (χ0n) is 18.8. The number of alkyl carbamates (subject to hydrolysis) is 2. The molecule has 0 aromatic rings. The van der Waals surface area contributed by atoms with Gasteiger partial charge in [0.1, 0.15) is 12.7 Å². The first-order valence-corrected chi connectivity index (χ1v) is 10.1. The molecule has 0 fully saturated rings. The van der Waals surface area contributed by atoms with Crippen molar-refractivity contribution in [2.24, 2.45) is 11.3 Å². The van der Waals surface area contributed by atoms with Gasteiger partial charge in [-0.05, 0) is 44.4 Å². The third-order valence-electron chi connectivity index (χ3n) is 4.11. The number of esters is 1. The topological polar surface area (TPSA) is 103 Å². The number of hydrogen-bond donors (Lipinski definition) is 2. The number of amides is 2. The van der Waals surface area contributed by atoms with Crippen LogP contribution in [0.25, 0.3) is 0 Å². The first-order chi connectivity index (χ1) is 13.5. The van der Waals surface area contributed by atoms with Crippen molar-refractivity contribution in [2.75, 3.05) is 26.3 Å². The molecular weight excluding hydrogens is 376 g/mol. The molecule has 2 amide bonds. The van der Waals surface area contributed by atoms with E-state index in [0.717, 1.165) is 19.3 Å². The molecule has 0 aromatic carbocycles. The largest absolute Gasteiger partial charge is 0.458 e. The number of hydrogen-bond acceptors (Lipinski definition) is 6. The quantitative estimate of drug-likeness (QED) is 0.270. The first-order valence-electron chi connectivity index (χ1n) is 10.1. The smallest absolute Gasteiger partial charge is 0.407 e. The number of nitrogens with one attached hydrogen (secondary N) is 2. The van der Waals surface area contributed by atoms with Crippen LogP contribution in [0.4, 0.5) is 9.59 Å². The lowest BCUT2D eigenvalue weighted by Gasteiger charge is -2.28. The second kappa shape index (κ2) is 13.8. The molecule has 0 aromatic heterocycles. The van der Waals surface area contributed by atoms with Crippen molar-refractivity contribution < 1.29 is 28.6 Å². The summed E-state index contributed by atoms with van der Waals surface area (Å²) < 4.78 is 15.1. The third kappa shape index (κ3) is 14.4. The molecule has 29 heavy (non-hydrogen) atoms. The van der Waals surface area contributed by atoms with Crippen LogP contribution in [0.1, 0.15) is 60.8 Å². The fourth-order valence-electron chi connectivity index (χ4n) is 2.70. The van der Waals surface area contributed by atoms with Gasteiger partial charge in [0.2, 0.25) is 0 Å². The van der Waals surface area contributed by atoms with E-state index in [1.165, 1.54) is 0 Å². The van der Waals surface area contributed by atoms with Gasteiger partial charge in [-0.3, -0.25) is 0 Å². The van der Waals surface area contributed by atoms with E-state index in [2.05, 4.69) is 31.1 Å². The molecule has 2 unspecified atom stereocenters. The van der Waals surface area contributed by atoms with Crippen molar-refractivity contribution >= 4 is 18.2 Å². The second-order valence-corrected chi connectivity index (χ2v) is 8.26. The molecule has 0 aliphatic carbocycles. The van der Waals surface area contributed by atoms with Gasteiger partial charge in [-0.15, -0.1) is 0 Å². The molecule has 0 rings (SSSR count). The van der Waals surface area contributed by atoms with E-state index in [1.807, 2.05) is 13.8 Å². The van der Waals surface area contributed by atoms with Gasteiger partial charge in [-0.25, -0.2) is 14.4 Å². The van der Waals surface area contributed by atoms with Crippen LogP contribution in [0.3, 0.4) is 0 Å². The summed E-state index contributed by atoms with van der Waals surface area (Å²) in [5.41, 5.74) is 0.290. The fourth-order valence-corrected chi connectivity index (χ4v) is 2.70. The minimum Gasteiger partial charge on any atom is -0.458 e. The standard InChI is InChI=1S/C21H38N2O6/c1-8-11-27-19(25)22-10-9-21(6,7)12-16(4)13-23-20(26)29-17(5)14-28-18(24)15(2)3/h16-17H,2,8-14H2,1,3-7H3,(H,22,25)(H,23,26). The Hall–Kier alpha value is -2.25. The van der Waals surface area contributed by atoms with E-state index < -0.39 is 18.2 Å². The van der Waals surface area contributed by atoms with Crippen molar-refractivity contribution in [3.05, 3.63) is 12.2 Å². The molecule has 0 saturated carbocycles. The van der Waals surface area contributed by atoms with Gasteiger partial charge in [-0.1, -0.05) is 34.3 Å². The molecule has 8 heteroatoms. The number of carbonyl (C=O) groups is 3. The second-order valence-electron chi connectivity index (χ2n) is 8.26. The molecule has 0 heterocycles. The van der Waals surface area contributed by atoms with Crippen molar-refractivity contribution in [1.29, 1.82) is 0 Å². The maximum atomic E-state index is 11.9. The lowest BCUT2D eigenvalue weighted by Crippen LogP contribution is -2.35. The summed E-state index contributed by atoms with van der Waals surface area (Å²) in [6.45, 7) is 16.3. The van der Waals surface area contributed by atoms with Crippen LogP contribution in [0.15, 0.2) is 12.2 Å². The maximum absolute atomic E-state index is 11.9. The highest BCUT2D eigenvalue weighted by Crippen LogP contribution is 2.28. The summed E-state index contributed by atoms with van der Waals surface area (Å²) >= 11 is 0. The Balaban J connectivity index is 4.08. The predicted octanol–water partition coefficient (Wildman–Crippen LogP) is 3.80.